The van der Waals surface area contributed by atoms with Crippen LogP contribution in [0.15, 0.2) is 22.9 Å². The minimum Gasteiger partial charge on any atom is -0.478 e. The Morgan fingerprint density at radius 3 is 2.71 bits per heavy atom. The third kappa shape index (κ3) is 3.78. The number of aryl methyl sites for hydroxylation is 2. The van der Waals surface area contributed by atoms with Gasteiger partial charge in [-0.3, -0.25) is 4.98 Å². The molecule has 2 heterocycles. The van der Waals surface area contributed by atoms with Crippen LogP contribution in [0.5, 0.6) is 0 Å². The number of carbonyl (C=O) groups excluding carboxylic acids is 1. The molecule has 0 bridgehead atoms. The highest BCUT2D eigenvalue weighted by atomic mass is 16.4. The van der Waals surface area contributed by atoms with Gasteiger partial charge in [-0.25, -0.2) is 14.6 Å². The molecule has 0 aliphatic heterocycles. The van der Waals surface area contributed by atoms with Gasteiger partial charge in [0, 0.05) is 6.20 Å². The summed E-state index contributed by atoms with van der Waals surface area (Å²) in [6.07, 6.45) is 2.55. The van der Waals surface area contributed by atoms with E-state index >= 15 is 0 Å². The zero-order valence-corrected chi connectivity index (χ0v) is 11.5. The summed E-state index contributed by atoms with van der Waals surface area (Å²) < 4.78 is 5.32. The molecule has 0 saturated carbocycles. The number of amides is 2. The number of anilines is 1. The van der Waals surface area contributed by atoms with Crippen LogP contribution in [0.25, 0.3) is 0 Å². The number of carbonyl (C=O) groups is 2. The molecular weight excluding hydrogens is 276 g/mol. The van der Waals surface area contributed by atoms with Crippen molar-refractivity contribution in [2.24, 2.45) is 0 Å². The van der Waals surface area contributed by atoms with Gasteiger partial charge in [0.05, 0.1) is 29.7 Å². The smallest absolute Gasteiger partial charge is 0.337 e. The lowest BCUT2D eigenvalue weighted by molar-refractivity contribution is 0.0696. The summed E-state index contributed by atoms with van der Waals surface area (Å²) in [5.74, 6) is -0.0135. The Morgan fingerprint density at radius 2 is 2.10 bits per heavy atom. The van der Waals surface area contributed by atoms with Gasteiger partial charge in [0.1, 0.15) is 5.76 Å². The van der Waals surface area contributed by atoms with Gasteiger partial charge in [0.15, 0.2) is 0 Å². The first-order chi connectivity index (χ1) is 9.95. The molecule has 0 aliphatic carbocycles. The monoisotopic (exact) mass is 290 g/mol. The Balaban J connectivity index is 1.92. The maximum atomic E-state index is 11.7. The number of pyridine rings is 1. The Labute approximate surface area is 120 Å². The van der Waals surface area contributed by atoms with Crippen molar-refractivity contribution in [3.8, 4) is 0 Å². The second kappa shape index (κ2) is 6.04. The molecule has 8 nitrogen and oxygen atoms in total. The first-order valence-electron chi connectivity index (χ1n) is 6.12. The van der Waals surface area contributed by atoms with Gasteiger partial charge in [0.2, 0.25) is 5.89 Å². The van der Waals surface area contributed by atoms with Crippen molar-refractivity contribution in [1.82, 2.24) is 15.3 Å². The van der Waals surface area contributed by atoms with E-state index in [1.54, 1.807) is 6.92 Å². The summed E-state index contributed by atoms with van der Waals surface area (Å²) >= 11 is 0. The van der Waals surface area contributed by atoms with Crippen LogP contribution in [0.1, 0.15) is 27.7 Å². The number of aromatic carboxylic acids is 1. The quantitative estimate of drug-likeness (QED) is 0.789. The molecule has 21 heavy (non-hydrogen) atoms. The summed E-state index contributed by atoms with van der Waals surface area (Å²) in [6.45, 7) is 3.73. The van der Waals surface area contributed by atoms with E-state index in [-0.39, 0.29) is 17.8 Å². The van der Waals surface area contributed by atoms with Crippen LogP contribution in [0.3, 0.4) is 0 Å². The Kier molecular flexibility index (Phi) is 4.17. The van der Waals surface area contributed by atoms with Crippen LogP contribution < -0.4 is 10.6 Å². The van der Waals surface area contributed by atoms with E-state index in [0.29, 0.717) is 11.7 Å². The zero-order chi connectivity index (χ0) is 15.4. The second-order valence-electron chi connectivity index (χ2n) is 4.32. The van der Waals surface area contributed by atoms with Gasteiger partial charge < -0.3 is 20.2 Å². The van der Waals surface area contributed by atoms with Crippen molar-refractivity contribution in [1.29, 1.82) is 0 Å². The number of aromatic nitrogens is 2. The van der Waals surface area contributed by atoms with Gasteiger partial charge in [0.25, 0.3) is 0 Å². The fraction of sp³-hybridized carbons (Fsp3) is 0.231. The van der Waals surface area contributed by atoms with Crippen LogP contribution >= 0.6 is 0 Å². The lowest BCUT2D eigenvalue weighted by Gasteiger charge is -2.06. The number of hydrogen-bond acceptors (Lipinski definition) is 5. The normalized spacial score (nSPS) is 10.2. The third-order valence-electron chi connectivity index (χ3n) is 2.72. The topological polar surface area (TPSA) is 117 Å². The fourth-order valence-electron chi connectivity index (χ4n) is 1.57. The molecule has 3 N–H and O–H groups in total. The molecule has 0 aromatic carbocycles. The van der Waals surface area contributed by atoms with Crippen molar-refractivity contribution in [3.63, 3.8) is 0 Å². The van der Waals surface area contributed by atoms with E-state index < -0.39 is 12.0 Å². The number of nitrogens with one attached hydrogen (secondary N) is 2. The largest absolute Gasteiger partial charge is 0.478 e. The van der Waals surface area contributed by atoms with Crippen molar-refractivity contribution >= 4 is 17.7 Å². The standard InChI is InChI=1S/C13H14N4O4/c1-7-8(2)21-11(16-7)6-15-13(20)17-10-3-9(12(18)19)4-14-5-10/h3-5H,6H2,1-2H3,(H,18,19)(H2,15,17,20). The SMILES string of the molecule is Cc1nc(CNC(=O)Nc2cncc(C(=O)O)c2)oc1C. The lowest BCUT2D eigenvalue weighted by Crippen LogP contribution is -2.28. The molecule has 2 amide bonds. The molecule has 0 spiro atoms. The fourth-order valence-corrected chi connectivity index (χ4v) is 1.57. The van der Waals surface area contributed by atoms with Gasteiger partial charge in [-0.2, -0.15) is 0 Å². The molecule has 0 unspecified atom stereocenters. The Bertz CT molecular complexity index is 661. The van der Waals surface area contributed by atoms with Gasteiger partial charge in [-0.1, -0.05) is 0 Å². The number of urea groups is 1. The summed E-state index contributed by atoms with van der Waals surface area (Å²) in [5, 5.41) is 13.9. The van der Waals surface area contributed by atoms with Crippen LogP contribution in [0.4, 0.5) is 10.5 Å². The number of carboxylic acid groups (broad SMARTS) is 1. The first-order valence-corrected chi connectivity index (χ1v) is 6.12. The maximum absolute atomic E-state index is 11.7. The number of rotatable bonds is 4. The highest BCUT2D eigenvalue weighted by molar-refractivity contribution is 5.92. The molecule has 0 atom stereocenters. The highest BCUT2D eigenvalue weighted by Crippen LogP contribution is 2.09. The van der Waals surface area contributed by atoms with E-state index in [4.69, 9.17) is 9.52 Å². The minimum absolute atomic E-state index is 0.00764. The van der Waals surface area contributed by atoms with Crippen LogP contribution in [-0.4, -0.2) is 27.1 Å². The summed E-state index contributed by atoms with van der Waals surface area (Å²) in [5.41, 5.74) is 1.05. The Hall–Kier alpha value is -2.90. The van der Waals surface area contributed by atoms with Crippen molar-refractivity contribution in [2.75, 3.05) is 5.32 Å². The second-order valence-corrected chi connectivity index (χ2v) is 4.32. The minimum atomic E-state index is -1.11. The van der Waals surface area contributed by atoms with E-state index in [2.05, 4.69) is 20.6 Å². The van der Waals surface area contributed by atoms with Gasteiger partial charge >= 0.3 is 12.0 Å². The van der Waals surface area contributed by atoms with E-state index in [0.717, 1.165) is 5.69 Å². The van der Waals surface area contributed by atoms with Crippen LogP contribution in [0, 0.1) is 13.8 Å². The summed E-state index contributed by atoms with van der Waals surface area (Å²) in [7, 11) is 0. The average Bonchev–Trinajstić information content (AvgIpc) is 2.76. The number of hydrogen-bond donors (Lipinski definition) is 3. The average molecular weight is 290 g/mol. The molecule has 2 rings (SSSR count). The van der Waals surface area contributed by atoms with E-state index in [9.17, 15) is 9.59 Å². The number of oxazole rings is 1. The zero-order valence-electron chi connectivity index (χ0n) is 11.5. The molecule has 0 fully saturated rings. The summed E-state index contributed by atoms with van der Waals surface area (Å²) in [6, 6.07) is 0.807. The lowest BCUT2D eigenvalue weighted by atomic mass is 10.3. The third-order valence-corrected chi connectivity index (χ3v) is 2.72. The van der Waals surface area contributed by atoms with Crippen LogP contribution in [-0.2, 0) is 6.54 Å². The molecule has 8 heteroatoms. The Morgan fingerprint density at radius 1 is 1.33 bits per heavy atom. The molecule has 0 aliphatic rings. The van der Waals surface area contributed by atoms with Crippen molar-refractivity contribution < 1.29 is 19.1 Å². The summed E-state index contributed by atoms with van der Waals surface area (Å²) in [4.78, 5) is 30.4. The molecule has 2 aromatic heterocycles. The molecule has 0 saturated heterocycles. The van der Waals surface area contributed by atoms with E-state index in [1.807, 2.05) is 6.92 Å². The van der Waals surface area contributed by atoms with Crippen molar-refractivity contribution in [2.45, 2.75) is 20.4 Å². The van der Waals surface area contributed by atoms with Gasteiger partial charge in [-0.15, -0.1) is 0 Å². The highest BCUT2D eigenvalue weighted by Gasteiger charge is 2.09. The number of carboxylic acids is 1. The number of nitrogens with zero attached hydrogens (tertiary/aromatic N) is 2. The van der Waals surface area contributed by atoms with Crippen LogP contribution in [0.2, 0.25) is 0 Å². The predicted octanol–water partition coefficient (Wildman–Crippen LogP) is 1.71. The van der Waals surface area contributed by atoms with E-state index in [1.165, 1.54) is 18.5 Å². The van der Waals surface area contributed by atoms with Crippen molar-refractivity contribution in [3.05, 3.63) is 41.4 Å². The van der Waals surface area contributed by atoms with Gasteiger partial charge in [-0.05, 0) is 19.9 Å². The predicted molar refractivity (Wildman–Crippen MR) is 73.0 cm³/mol. The molecule has 110 valence electrons. The molecular formula is C13H14N4O4. The maximum Gasteiger partial charge on any atom is 0.337 e. The molecule has 2 aromatic rings. The first kappa shape index (κ1) is 14.5. The molecule has 0 radical (unpaired) electrons.